The maximum Gasteiger partial charge on any atom is 0.401 e. The molecule has 1 aromatic rings. The zero-order chi connectivity index (χ0) is 16.0. The number of carbonyl (C=O) groups is 1. The summed E-state index contributed by atoms with van der Waals surface area (Å²) in [5.74, 6) is -0.446. The molecule has 2 N–H and O–H groups in total. The van der Waals surface area contributed by atoms with Gasteiger partial charge in [-0.05, 0) is 0 Å². The summed E-state index contributed by atoms with van der Waals surface area (Å²) >= 11 is 0. The summed E-state index contributed by atoms with van der Waals surface area (Å²) < 4.78 is 42.0. The maximum atomic E-state index is 12.3. The first-order chi connectivity index (χ1) is 9.71. The molecule has 0 spiro atoms. The zero-order valence-electron chi connectivity index (χ0n) is 11.6. The summed E-state index contributed by atoms with van der Waals surface area (Å²) in [6.07, 6.45) is -4.45. The van der Waals surface area contributed by atoms with Crippen LogP contribution in [0.25, 0.3) is 0 Å². The van der Waals surface area contributed by atoms with Crippen molar-refractivity contribution in [1.82, 2.24) is 15.1 Å². The number of aliphatic hydroxyl groups excluding tert-OH is 1. The van der Waals surface area contributed by atoms with E-state index in [-0.39, 0.29) is 18.5 Å². The molecule has 120 valence electrons. The van der Waals surface area contributed by atoms with Crippen molar-refractivity contribution >= 4 is 11.9 Å². The lowest BCUT2D eigenvalue weighted by Gasteiger charge is -2.21. The van der Waals surface area contributed by atoms with Gasteiger partial charge in [0.05, 0.1) is 19.7 Å². The van der Waals surface area contributed by atoms with Crippen molar-refractivity contribution in [3.63, 3.8) is 0 Å². The highest BCUT2D eigenvalue weighted by Gasteiger charge is 2.31. The molecule has 0 radical (unpaired) electrons. The number of anilines is 1. The van der Waals surface area contributed by atoms with E-state index in [0.717, 1.165) is 4.90 Å². The minimum Gasteiger partial charge on any atom is -0.408 e. The van der Waals surface area contributed by atoms with Crippen LogP contribution >= 0.6 is 0 Å². The van der Waals surface area contributed by atoms with Gasteiger partial charge < -0.3 is 9.52 Å². The smallest absolute Gasteiger partial charge is 0.401 e. The number of nitrogens with one attached hydrogen (secondary N) is 1. The normalized spacial score (nSPS) is 12.2. The summed E-state index contributed by atoms with van der Waals surface area (Å²) in [7, 11) is 0. The molecular formula is C11H17F3N4O3. The van der Waals surface area contributed by atoms with Crippen LogP contribution in [0, 0.1) is 0 Å². The highest BCUT2D eigenvalue weighted by Crippen LogP contribution is 2.17. The average Bonchev–Trinajstić information content (AvgIpc) is 2.75. The second kappa shape index (κ2) is 7.36. The maximum absolute atomic E-state index is 12.3. The Bertz CT molecular complexity index is 462. The van der Waals surface area contributed by atoms with Crippen molar-refractivity contribution < 1.29 is 27.5 Å². The number of nitrogens with zero attached hydrogens (tertiary/aromatic N) is 3. The average molecular weight is 310 g/mol. The Hall–Kier alpha value is -1.68. The molecule has 0 bridgehead atoms. The van der Waals surface area contributed by atoms with E-state index in [2.05, 4.69) is 15.5 Å². The number of carbonyl (C=O) groups excluding carboxylic acids is 1. The molecule has 0 aromatic carbocycles. The highest BCUT2D eigenvalue weighted by atomic mass is 19.4. The van der Waals surface area contributed by atoms with Crippen LogP contribution in [0.1, 0.15) is 25.7 Å². The molecule has 0 saturated carbocycles. The van der Waals surface area contributed by atoms with Gasteiger partial charge in [0.2, 0.25) is 11.8 Å². The third-order valence-electron chi connectivity index (χ3n) is 2.37. The van der Waals surface area contributed by atoms with Gasteiger partial charge in [-0.25, -0.2) is 0 Å². The standard InChI is InChI=1S/C11H17F3N4O3/c1-7(2)9-16-17-10(21-9)15-8(20)5-18(3-4-19)6-11(12,13)14/h7,19H,3-6H2,1-2H3,(H,15,17,20). The molecule has 1 aromatic heterocycles. The second-order valence-electron chi connectivity index (χ2n) is 4.70. The number of halogens is 3. The summed E-state index contributed by atoms with van der Waals surface area (Å²) in [5, 5.41) is 18.2. The van der Waals surface area contributed by atoms with Gasteiger partial charge in [0.1, 0.15) is 0 Å². The molecule has 10 heteroatoms. The SMILES string of the molecule is CC(C)c1nnc(NC(=O)CN(CCO)CC(F)(F)F)o1. The Balaban J connectivity index is 2.56. The fourth-order valence-electron chi connectivity index (χ4n) is 1.49. The van der Waals surface area contributed by atoms with Crippen molar-refractivity contribution in [2.24, 2.45) is 0 Å². The molecule has 0 aliphatic heterocycles. The zero-order valence-corrected chi connectivity index (χ0v) is 11.6. The van der Waals surface area contributed by atoms with Crippen LogP contribution in [0.2, 0.25) is 0 Å². The molecule has 1 rings (SSSR count). The topological polar surface area (TPSA) is 91.5 Å². The fraction of sp³-hybridized carbons (Fsp3) is 0.727. The van der Waals surface area contributed by atoms with Gasteiger partial charge in [-0.3, -0.25) is 15.0 Å². The summed E-state index contributed by atoms with van der Waals surface area (Å²) in [5.41, 5.74) is 0. The largest absolute Gasteiger partial charge is 0.408 e. The Labute approximate surface area is 119 Å². The van der Waals surface area contributed by atoms with E-state index in [1.165, 1.54) is 0 Å². The van der Waals surface area contributed by atoms with E-state index < -0.39 is 31.8 Å². The van der Waals surface area contributed by atoms with Crippen molar-refractivity contribution in [3.8, 4) is 0 Å². The van der Waals surface area contributed by atoms with Gasteiger partial charge in [0.25, 0.3) is 0 Å². The van der Waals surface area contributed by atoms with E-state index in [0.29, 0.717) is 5.89 Å². The van der Waals surface area contributed by atoms with Gasteiger partial charge in [-0.2, -0.15) is 13.2 Å². The van der Waals surface area contributed by atoms with Crippen molar-refractivity contribution in [1.29, 1.82) is 0 Å². The van der Waals surface area contributed by atoms with Crippen LogP contribution in [0.15, 0.2) is 4.42 Å². The Morgan fingerprint density at radius 2 is 2.10 bits per heavy atom. The van der Waals surface area contributed by atoms with Gasteiger partial charge in [-0.15, -0.1) is 5.10 Å². The molecule has 1 amide bonds. The van der Waals surface area contributed by atoms with E-state index in [4.69, 9.17) is 9.52 Å². The van der Waals surface area contributed by atoms with Crippen molar-refractivity contribution in [2.45, 2.75) is 25.9 Å². The summed E-state index contributed by atoms with van der Waals surface area (Å²) in [6, 6.07) is -0.167. The lowest BCUT2D eigenvalue weighted by atomic mass is 10.2. The number of aromatic nitrogens is 2. The minimum absolute atomic E-state index is 0.0285. The number of hydrogen-bond donors (Lipinski definition) is 2. The molecule has 0 aliphatic carbocycles. The molecule has 0 atom stereocenters. The lowest BCUT2D eigenvalue weighted by Crippen LogP contribution is -2.41. The second-order valence-corrected chi connectivity index (χ2v) is 4.70. The van der Waals surface area contributed by atoms with Gasteiger partial charge in [0, 0.05) is 12.5 Å². The monoisotopic (exact) mass is 310 g/mol. The minimum atomic E-state index is -4.45. The third-order valence-corrected chi connectivity index (χ3v) is 2.37. The van der Waals surface area contributed by atoms with E-state index in [1.807, 2.05) is 13.8 Å². The number of aliphatic hydroxyl groups is 1. The van der Waals surface area contributed by atoms with Crippen LogP contribution in [0.5, 0.6) is 0 Å². The molecule has 0 saturated heterocycles. The quantitative estimate of drug-likeness (QED) is 0.780. The third kappa shape index (κ3) is 6.54. The number of rotatable bonds is 7. The van der Waals surface area contributed by atoms with Crippen LogP contribution in [-0.4, -0.2) is 58.5 Å². The first-order valence-corrected chi connectivity index (χ1v) is 6.24. The highest BCUT2D eigenvalue weighted by molar-refractivity contribution is 5.90. The molecule has 0 aliphatic rings. The Morgan fingerprint density at radius 1 is 1.43 bits per heavy atom. The first kappa shape index (κ1) is 17.4. The van der Waals surface area contributed by atoms with Crippen molar-refractivity contribution in [3.05, 3.63) is 5.89 Å². The summed E-state index contributed by atoms with van der Waals surface area (Å²) in [4.78, 5) is 12.4. The molecule has 1 heterocycles. The van der Waals surface area contributed by atoms with Crippen LogP contribution in [-0.2, 0) is 4.79 Å². The molecule has 0 fully saturated rings. The Morgan fingerprint density at radius 3 is 2.57 bits per heavy atom. The van der Waals surface area contributed by atoms with Crippen LogP contribution in [0.3, 0.4) is 0 Å². The van der Waals surface area contributed by atoms with Gasteiger partial charge in [-0.1, -0.05) is 18.9 Å². The predicted molar refractivity (Wildman–Crippen MR) is 66.6 cm³/mol. The molecular weight excluding hydrogens is 293 g/mol. The molecule has 21 heavy (non-hydrogen) atoms. The fourth-order valence-corrected chi connectivity index (χ4v) is 1.49. The first-order valence-electron chi connectivity index (χ1n) is 6.24. The van der Waals surface area contributed by atoms with E-state index in [1.54, 1.807) is 0 Å². The van der Waals surface area contributed by atoms with E-state index >= 15 is 0 Å². The predicted octanol–water partition coefficient (Wildman–Crippen LogP) is 0.988. The number of hydrogen-bond acceptors (Lipinski definition) is 6. The number of amides is 1. The molecule has 0 unspecified atom stereocenters. The van der Waals surface area contributed by atoms with Crippen molar-refractivity contribution in [2.75, 3.05) is 31.6 Å². The lowest BCUT2D eigenvalue weighted by molar-refractivity contribution is -0.148. The van der Waals surface area contributed by atoms with Gasteiger partial charge in [0.15, 0.2) is 0 Å². The van der Waals surface area contributed by atoms with Gasteiger partial charge >= 0.3 is 12.2 Å². The molecule has 7 nitrogen and oxygen atoms in total. The Kier molecular flexibility index (Phi) is 6.09. The van der Waals surface area contributed by atoms with Crippen LogP contribution in [0.4, 0.5) is 19.2 Å². The van der Waals surface area contributed by atoms with Crippen LogP contribution < -0.4 is 5.32 Å². The number of alkyl halides is 3. The summed E-state index contributed by atoms with van der Waals surface area (Å²) in [6.45, 7) is 1.04. The van der Waals surface area contributed by atoms with E-state index in [9.17, 15) is 18.0 Å².